The maximum atomic E-state index is 9.63. The Hall–Kier alpha value is -1.75. The summed E-state index contributed by atoms with van der Waals surface area (Å²) >= 11 is 0. The molecule has 5 nitrogen and oxygen atoms in total. The first-order valence-electron chi connectivity index (χ1n) is 5.69. The van der Waals surface area contributed by atoms with Crippen LogP contribution in [0.25, 0.3) is 0 Å². The third kappa shape index (κ3) is 2.68. The number of aliphatic hydroxyl groups is 1. The van der Waals surface area contributed by atoms with E-state index in [4.69, 9.17) is 0 Å². The van der Waals surface area contributed by atoms with Gasteiger partial charge < -0.3 is 5.11 Å². The summed E-state index contributed by atoms with van der Waals surface area (Å²) in [7, 11) is 0. The highest BCUT2D eigenvalue weighted by molar-refractivity contribution is 5.17. The molecule has 0 aliphatic rings. The van der Waals surface area contributed by atoms with E-state index in [1.165, 1.54) is 0 Å². The lowest BCUT2D eigenvalue weighted by Crippen LogP contribution is -2.04. The average Bonchev–Trinajstić information content (AvgIpc) is 2.80. The van der Waals surface area contributed by atoms with Crippen molar-refractivity contribution in [1.29, 1.82) is 0 Å². The van der Waals surface area contributed by atoms with Crippen LogP contribution in [-0.2, 0) is 6.54 Å². The van der Waals surface area contributed by atoms with Gasteiger partial charge in [-0.2, -0.15) is 0 Å². The van der Waals surface area contributed by atoms with Crippen molar-refractivity contribution in [3.63, 3.8) is 0 Å². The molecule has 0 aromatic carbocycles. The Morgan fingerprint density at radius 2 is 2.29 bits per heavy atom. The number of aliphatic hydroxyl groups excluding tert-OH is 1. The van der Waals surface area contributed by atoms with E-state index in [-0.39, 0.29) is 0 Å². The molecule has 2 heterocycles. The van der Waals surface area contributed by atoms with Crippen molar-refractivity contribution in [3.8, 4) is 0 Å². The van der Waals surface area contributed by atoms with Gasteiger partial charge in [0, 0.05) is 6.20 Å². The van der Waals surface area contributed by atoms with Crippen molar-refractivity contribution in [2.24, 2.45) is 0 Å². The van der Waals surface area contributed by atoms with E-state index < -0.39 is 6.10 Å². The minimum atomic E-state index is -0.534. The van der Waals surface area contributed by atoms with Crippen LogP contribution >= 0.6 is 0 Å². The third-order valence-electron chi connectivity index (χ3n) is 2.71. The van der Waals surface area contributed by atoms with E-state index in [9.17, 15) is 5.11 Å². The van der Waals surface area contributed by atoms with Gasteiger partial charge in [-0.25, -0.2) is 4.68 Å². The molecule has 0 saturated carbocycles. The molecule has 90 valence electrons. The molecule has 1 unspecified atom stereocenters. The molecule has 0 spiro atoms. The minimum Gasteiger partial charge on any atom is -0.387 e. The highest BCUT2D eigenvalue weighted by atomic mass is 16.3. The van der Waals surface area contributed by atoms with E-state index in [0.29, 0.717) is 18.7 Å². The Bertz CT molecular complexity index is 495. The SMILES string of the molecule is CCC(O)c1cn(Cc2ncccc2C)nn1. The van der Waals surface area contributed by atoms with Crippen molar-refractivity contribution in [2.45, 2.75) is 32.9 Å². The summed E-state index contributed by atoms with van der Waals surface area (Å²) in [6, 6.07) is 3.92. The van der Waals surface area contributed by atoms with Gasteiger partial charge in [0.05, 0.1) is 24.5 Å². The predicted octanol–water partition coefficient (Wildman–Crippen LogP) is 1.47. The lowest BCUT2D eigenvalue weighted by atomic mass is 10.2. The maximum Gasteiger partial charge on any atom is 0.111 e. The van der Waals surface area contributed by atoms with Gasteiger partial charge in [0.2, 0.25) is 0 Å². The Kier molecular flexibility index (Phi) is 3.49. The Balaban J connectivity index is 2.14. The number of nitrogens with zero attached hydrogens (tertiary/aromatic N) is 4. The molecule has 1 N–H and O–H groups in total. The van der Waals surface area contributed by atoms with Crippen LogP contribution in [0.1, 0.15) is 36.4 Å². The second-order valence-electron chi connectivity index (χ2n) is 4.03. The van der Waals surface area contributed by atoms with Gasteiger partial charge in [0.1, 0.15) is 5.69 Å². The Labute approximate surface area is 100 Å². The zero-order chi connectivity index (χ0) is 12.3. The molecule has 2 rings (SSSR count). The van der Waals surface area contributed by atoms with Gasteiger partial charge >= 0.3 is 0 Å². The van der Waals surface area contributed by atoms with Crippen LogP contribution in [0.2, 0.25) is 0 Å². The van der Waals surface area contributed by atoms with Gasteiger partial charge in [-0.15, -0.1) is 5.10 Å². The van der Waals surface area contributed by atoms with Crippen molar-refractivity contribution in [3.05, 3.63) is 41.5 Å². The van der Waals surface area contributed by atoms with Crippen molar-refractivity contribution >= 4 is 0 Å². The zero-order valence-corrected chi connectivity index (χ0v) is 10.0. The molecule has 0 amide bonds. The first-order valence-corrected chi connectivity index (χ1v) is 5.69. The minimum absolute atomic E-state index is 0.534. The summed E-state index contributed by atoms with van der Waals surface area (Å²) in [5.74, 6) is 0. The van der Waals surface area contributed by atoms with Crippen LogP contribution in [-0.4, -0.2) is 25.1 Å². The molecule has 0 fully saturated rings. The van der Waals surface area contributed by atoms with Gasteiger partial charge in [-0.1, -0.05) is 18.2 Å². The number of hydrogen-bond donors (Lipinski definition) is 1. The summed E-state index contributed by atoms with van der Waals surface area (Å²) in [4.78, 5) is 4.30. The highest BCUT2D eigenvalue weighted by Gasteiger charge is 2.10. The molecule has 2 aromatic rings. The monoisotopic (exact) mass is 232 g/mol. The average molecular weight is 232 g/mol. The molecule has 0 saturated heterocycles. The molecule has 2 aromatic heterocycles. The van der Waals surface area contributed by atoms with Crippen molar-refractivity contribution in [1.82, 2.24) is 20.0 Å². The molecule has 17 heavy (non-hydrogen) atoms. The van der Waals surface area contributed by atoms with E-state index in [1.54, 1.807) is 17.1 Å². The van der Waals surface area contributed by atoms with Crippen LogP contribution < -0.4 is 0 Å². The second-order valence-corrected chi connectivity index (χ2v) is 4.03. The fourth-order valence-corrected chi connectivity index (χ4v) is 1.59. The predicted molar refractivity (Wildman–Crippen MR) is 63.3 cm³/mol. The lowest BCUT2D eigenvalue weighted by Gasteiger charge is -2.03. The highest BCUT2D eigenvalue weighted by Crippen LogP contribution is 2.13. The second kappa shape index (κ2) is 5.05. The zero-order valence-electron chi connectivity index (χ0n) is 10.0. The van der Waals surface area contributed by atoms with Gasteiger partial charge in [-0.05, 0) is 25.0 Å². The first kappa shape index (κ1) is 11.7. The summed E-state index contributed by atoms with van der Waals surface area (Å²) in [6.45, 7) is 4.50. The largest absolute Gasteiger partial charge is 0.387 e. The summed E-state index contributed by atoms with van der Waals surface area (Å²) < 4.78 is 1.70. The number of aromatic nitrogens is 4. The third-order valence-corrected chi connectivity index (χ3v) is 2.71. The quantitative estimate of drug-likeness (QED) is 0.867. The summed E-state index contributed by atoms with van der Waals surface area (Å²) in [6.07, 6.45) is 3.64. The van der Waals surface area contributed by atoms with E-state index >= 15 is 0 Å². The van der Waals surface area contributed by atoms with E-state index in [0.717, 1.165) is 11.3 Å². The number of rotatable bonds is 4. The molecular weight excluding hydrogens is 216 g/mol. The van der Waals surface area contributed by atoms with Crippen LogP contribution in [0.5, 0.6) is 0 Å². The topological polar surface area (TPSA) is 63.8 Å². The molecular formula is C12H16N4O. The molecule has 0 aliphatic carbocycles. The number of aryl methyl sites for hydroxylation is 1. The first-order chi connectivity index (χ1) is 8.20. The molecule has 0 radical (unpaired) electrons. The Morgan fingerprint density at radius 1 is 1.47 bits per heavy atom. The summed E-state index contributed by atoms with van der Waals surface area (Å²) in [5, 5.41) is 17.6. The maximum absolute atomic E-state index is 9.63. The molecule has 5 heteroatoms. The fourth-order valence-electron chi connectivity index (χ4n) is 1.59. The smallest absolute Gasteiger partial charge is 0.111 e. The Morgan fingerprint density at radius 3 is 3.00 bits per heavy atom. The van der Waals surface area contributed by atoms with E-state index in [2.05, 4.69) is 15.3 Å². The molecule has 1 atom stereocenters. The van der Waals surface area contributed by atoms with Crippen LogP contribution in [0, 0.1) is 6.92 Å². The number of hydrogen-bond acceptors (Lipinski definition) is 4. The van der Waals surface area contributed by atoms with Gasteiger partial charge in [-0.3, -0.25) is 4.98 Å². The van der Waals surface area contributed by atoms with Crippen LogP contribution in [0.4, 0.5) is 0 Å². The van der Waals surface area contributed by atoms with E-state index in [1.807, 2.05) is 26.0 Å². The van der Waals surface area contributed by atoms with Crippen molar-refractivity contribution < 1.29 is 5.11 Å². The van der Waals surface area contributed by atoms with Gasteiger partial charge in [0.25, 0.3) is 0 Å². The normalized spacial score (nSPS) is 12.6. The van der Waals surface area contributed by atoms with Crippen molar-refractivity contribution in [2.75, 3.05) is 0 Å². The van der Waals surface area contributed by atoms with Crippen LogP contribution in [0.3, 0.4) is 0 Å². The number of pyridine rings is 1. The standard InChI is InChI=1S/C12H16N4O/c1-3-12(17)11-8-16(15-14-11)7-10-9(2)5-4-6-13-10/h4-6,8,12,17H,3,7H2,1-2H3. The lowest BCUT2D eigenvalue weighted by molar-refractivity contribution is 0.168. The molecule has 0 aliphatic heterocycles. The fraction of sp³-hybridized carbons (Fsp3) is 0.417. The molecule has 0 bridgehead atoms. The van der Waals surface area contributed by atoms with Gasteiger partial charge in [0.15, 0.2) is 0 Å². The van der Waals surface area contributed by atoms with Crippen LogP contribution in [0.15, 0.2) is 24.5 Å². The summed E-state index contributed by atoms with van der Waals surface area (Å²) in [5.41, 5.74) is 2.71.